The molecule has 2 heterocycles. The molecular weight excluding hydrogens is 496 g/mol. The summed E-state index contributed by atoms with van der Waals surface area (Å²) in [7, 11) is 0. The van der Waals surface area contributed by atoms with Crippen LogP contribution in [0.4, 0.5) is 0 Å². The zero-order chi connectivity index (χ0) is 26.6. The minimum atomic E-state index is -1.20. The fourth-order valence-corrected chi connectivity index (χ4v) is 4.58. The molecule has 0 spiro atoms. The highest BCUT2D eigenvalue weighted by Crippen LogP contribution is 2.10. The number of carbonyl (C=O) groups is 4. The summed E-state index contributed by atoms with van der Waals surface area (Å²) >= 11 is 1.50. The molecule has 3 amide bonds. The molecule has 1 aliphatic heterocycles. The number of hydrogen-bond acceptors (Lipinski definition) is 7. The van der Waals surface area contributed by atoms with Crippen LogP contribution in [0.5, 0.6) is 0 Å². The van der Waals surface area contributed by atoms with Gasteiger partial charge in [-0.3, -0.25) is 14.4 Å². The zero-order valence-electron chi connectivity index (χ0n) is 20.7. The van der Waals surface area contributed by atoms with Crippen molar-refractivity contribution in [3.05, 3.63) is 54.1 Å². The molecule has 4 atom stereocenters. The van der Waals surface area contributed by atoms with E-state index in [1.807, 2.05) is 36.6 Å². The van der Waals surface area contributed by atoms with Crippen molar-refractivity contribution in [2.45, 2.75) is 56.3 Å². The number of aliphatic carboxylic acids is 1. The molecule has 200 valence electrons. The number of benzene rings is 1. The lowest BCUT2D eigenvalue weighted by molar-refractivity contribution is -0.142. The highest BCUT2D eigenvalue weighted by molar-refractivity contribution is 7.98. The normalized spacial score (nSPS) is 17.4. The second-order valence-corrected chi connectivity index (χ2v) is 9.91. The van der Waals surface area contributed by atoms with Crippen molar-refractivity contribution in [2.24, 2.45) is 0 Å². The van der Waals surface area contributed by atoms with E-state index in [2.05, 4.69) is 31.2 Å². The molecule has 1 aromatic carbocycles. The van der Waals surface area contributed by atoms with Gasteiger partial charge in [-0.25, -0.2) is 9.78 Å². The Morgan fingerprint density at radius 3 is 2.41 bits per heavy atom. The molecule has 11 nitrogen and oxygen atoms in total. The average Bonchev–Trinajstić information content (AvgIpc) is 3.61. The van der Waals surface area contributed by atoms with Gasteiger partial charge >= 0.3 is 5.97 Å². The maximum absolute atomic E-state index is 13.4. The Hall–Kier alpha value is -3.38. The van der Waals surface area contributed by atoms with Crippen LogP contribution >= 0.6 is 11.8 Å². The quantitative estimate of drug-likeness (QED) is 0.202. The van der Waals surface area contributed by atoms with E-state index in [-0.39, 0.29) is 24.8 Å². The number of carboxylic acid groups (broad SMARTS) is 1. The molecule has 0 saturated carbocycles. The number of nitrogens with zero attached hydrogens (tertiary/aromatic N) is 1. The van der Waals surface area contributed by atoms with Crippen molar-refractivity contribution in [1.82, 2.24) is 31.2 Å². The van der Waals surface area contributed by atoms with Gasteiger partial charge in [0.05, 0.1) is 12.4 Å². The number of hydrogen-bond donors (Lipinski definition) is 6. The minimum Gasteiger partial charge on any atom is -0.480 e. The Bertz CT molecular complexity index is 1030. The van der Waals surface area contributed by atoms with Crippen LogP contribution in [0.25, 0.3) is 0 Å². The summed E-state index contributed by atoms with van der Waals surface area (Å²) in [6.07, 6.45) is 6.94. The van der Waals surface area contributed by atoms with Crippen molar-refractivity contribution < 1.29 is 24.3 Å². The van der Waals surface area contributed by atoms with Crippen molar-refractivity contribution >= 4 is 35.5 Å². The molecule has 12 heteroatoms. The van der Waals surface area contributed by atoms with Crippen molar-refractivity contribution in [2.75, 3.05) is 18.6 Å². The number of nitrogens with one attached hydrogen (secondary N) is 5. The number of carbonyl (C=O) groups excluding carboxylic acids is 3. The van der Waals surface area contributed by atoms with E-state index in [4.69, 9.17) is 0 Å². The first-order valence-electron chi connectivity index (χ1n) is 12.2. The summed E-state index contributed by atoms with van der Waals surface area (Å²) in [4.78, 5) is 57.8. The number of H-pyrrole nitrogens is 1. The number of imidazole rings is 1. The standard InChI is InChI=1S/C25H34N6O5S/c1-37-11-9-19(23(33)31-21(25(35)36)13-17-14-26-15-28-17)29-24(34)20(12-16-6-3-2-4-7-16)30-22(32)18-8-5-10-27-18/h2-4,6-7,14-15,18-21,27H,5,8-13H2,1H3,(H,26,28)(H,29,34)(H,30,32)(H,31,33)(H,35,36). The van der Waals surface area contributed by atoms with E-state index in [0.717, 1.165) is 18.5 Å². The number of thioether (sulfide) groups is 1. The van der Waals surface area contributed by atoms with Crippen molar-refractivity contribution in [3.8, 4) is 0 Å². The molecule has 0 bridgehead atoms. The Kier molecular flexibility index (Phi) is 11.0. The van der Waals surface area contributed by atoms with Gasteiger partial charge in [0.2, 0.25) is 17.7 Å². The Balaban J connectivity index is 1.72. The topological polar surface area (TPSA) is 165 Å². The highest BCUT2D eigenvalue weighted by Gasteiger charge is 2.31. The minimum absolute atomic E-state index is 0.0192. The molecule has 3 rings (SSSR count). The predicted molar refractivity (Wildman–Crippen MR) is 140 cm³/mol. The van der Waals surface area contributed by atoms with Gasteiger partial charge < -0.3 is 31.4 Å². The second kappa shape index (κ2) is 14.4. The van der Waals surface area contributed by atoms with Crippen LogP contribution in [-0.2, 0) is 32.0 Å². The summed E-state index contributed by atoms with van der Waals surface area (Å²) in [6, 6.07) is 5.87. The first kappa shape index (κ1) is 28.2. The third kappa shape index (κ3) is 8.90. The maximum atomic E-state index is 13.4. The van der Waals surface area contributed by atoms with Gasteiger partial charge in [-0.1, -0.05) is 30.3 Å². The number of amides is 3. The summed E-state index contributed by atoms with van der Waals surface area (Å²) in [5.74, 6) is -1.99. The maximum Gasteiger partial charge on any atom is 0.326 e. The molecule has 0 aliphatic carbocycles. The third-order valence-electron chi connectivity index (χ3n) is 6.13. The van der Waals surface area contributed by atoms with E-state index >= 15 is 0 Å². The Morgan fingerprint density at radius 1 is 1.05 bits per heavy atom. The van der Waals surface area contributed by atoms with Crippen LogP contribution in [0.2, 0.25) is 0 Å². The molecule has 1 saturated heterocycles. The predicted octanol–water partition coefficient (Wildman–Crippen LogP) is 0.239. The third-order valence-corrected chi connectivity index (χ3v) is 6.77. The molecule has 1 aliphatic rings. The van der Waals surface area contributed by atoms with Crippen LogP contribution < -0.4 is 21.3 Å². The summed E-state index contributed by atoms with van der Waals surface area (Å²) in [5.41, 5.74) is 1.42. The SMILES string of the molecule is CSCCC(NC(=O)C(Cc1ccccc1)NC(=O)C1CCCN1)C(=O)NC(Cc1cnc[nH]1)C(=O)O. The Morgan fingerprint density at radius 2 is 1.78 bits per heavy atom. The lowest BCUT2D eigenvalue weighted by Gasteiger charge is -2.25. The monoisotopic (exact) mass is 530 g/mol. The van der Waals surface area contributed by atoms with Gasteiger partial charge in [0.25, 0.3) is 0 Å². The lowest BCUT2D eigenvalue weighted by Crippen LogP contribution is -2.57. The largest absolute Gasteiger partial charge is 0.480 e. The zero-order valence-corrected chi connectivity index (χ0v) is 21.6. The first-order valence-corrected chi connectivity index (χ1v) is 13.6. The van der Waals surface area contributed by atoms with Gasteiger partial charge in [0.1, 0.15) is 18.1 Å². The van der Waals surface area contributed by atoms with Crippen molar-refractivity contribution in [1.29, 1.82) is 0 Å². The van der Waals surface area contributed by atoms with Gasteiger partial charge in [-0.05, 0) is 43.4 Å². The van der Waals surface area contributed by atoms with Crippen LogP contribution in [0, 0.1) is 0 Å². The number of rotatable bonds is 14. The molecule has 1 fully saturated rings. The molecule has 2 aromatic rings. The molecule has 0 radical (unpaired) electrons. The number of carboxylic acids is 1. The average molecular weight is 531 g/mol. The van der Waals surface area contributed by atoms with E-state index in [9.17, 15) is 24.3 Å². The fourth-order valence-electron chi connectivity index (χ4n) is 4.11. The van der Waals surface area contributed by atoms with E-state index in [1.54, 1.807) is 0 Å². The summed E-state index contributed by atoms with van der Waals surface area (Å²) in [5, 5.41) is 20.9. The van der Waals surface area contributed by atoms with Crippen LogP contribution in [-0.4, -0.2) is 81.5 Å². The number of aromatic nitrogens is 2. The molecule has 4 unspecified atom stereocenters. The van der Waals surface area contributed by atoms with Crippen molar-refractivity contribution in [3.63, 3.8) is 0 Å². The van der Waals surface area contributed by atoms with E-state index in [0.29, 0.717) is 24.3 Å². The Labute approximate surface area is 220 Å². The molecular formula is C25H34N6O5S. The van der Waals surface area contributed by atoms with E-state index < -0.39 is 35.9 Å². The van der Waals surface area contributed by atoms with Gasteiger partial charge in [0, 0.05) is 24.7 Å². The smallest absolute Gasteiger partial charge is 0.326 e. The molecule has 1 aromatic heterocycles. The second-order valence-electron chi connectivity index (χ2n) is 8.92. The molecule has 37 heavy (non-hydrogen) atoms. The molecule has 6 N–H and O–H groups in total. The van der Waals surface area contributed by atoms with Gasteiger partial charge in [-0.15, -0.1) is 0 Å². The van der Waals surface area contributed by atoms with Crippen LogP contribution in [0.1, 0.15) is 30.5 Å². The summed E-state index contributed by atoms with van der Waals surface area (Å²) in [6.45, 7) is 0.744. The highest BCUT2D eigenvalue weighted by atomic mass is 32.2. The van der Waals surface area contributed by atoms with Crippen LogP contribution in [0.3, 0.4) is 0 Å². The van der Waals surface area contributed by atoms with Crippen LogP contribution in [0.15, 0.2) is 42.9 Å². The van der Waals surface area contributed by atoms with E-state index in [1.165, 1.54) is 24.3 Å². The van der Waals surface area contributed by atoms with Gasteiger partial charge in [-0.2, -0.15) is 11.8 Å². The van der Waals surface area contributed by atoms with Gasteiger partial charge in [0.15, 0.2) is 0 Å². The first-order chi connectivity index (χ1) is 17.9. The number of aromatic amines is 1. The lowest BCUT2D eigenvalue weighted by atomic mass is 10.0. The fraction of sp³-hybridized carbons (Fsp3) is 0.480. The summed E-state index contributed by atoms with van der Waals surface area (Å²) < 4.78 is 0.